The van der Waals surface area contributed by atoms with Gasteiger partial charge in [-0.15, -0.1) is 6.58 Å². The van der Waals surface area contributed by atoms with Gasteiger partial charge in [0.1, 0.15) is 24.4 Å². The number of aromatic nitrogens is 2. The standard InChI is InChI=1S/C46H53N3O6S/c1-3-26-53-46-43(56-27-21-35-31-47-22-23-48-35)30-41(49-52-2)39-28-34(13-7-9-24-50)38(14-8-10-25-51)44(45(39)46)40-29-37(19-20-42(40)55-46)54-36-17-15-33(16-18-36)32-11-5-4-6-12-32/h3-6,11-12,15-20,22-23,28-29,31,34,38,43-45,50-51H,1,7-10,13-14,21,24-27,30H2,2H3/t34-,38+,43-,44+,45+,46+/m0/s1. The maximum Gasteiger partial charge on any atom is 0.230 e. The monoisotopic (exact) mass is 775 g/mol. The van der Waals surface area contributed by atoms with Crippen LogP contribution in [0.25, 0.3) is 11.1 Å². The fraction of sp³-hybridized carbons (Fsp3) is 0.413. The minimum absolute atomic E-state index is 0.0177. The summed E-state index contributed by atoms with van der Waals surface area (Å²) >= 11 is 1.81. The predicted molar refractivity (Wildman–Crippen MR) is 222 cm³/mol. The summed E-state index contributed by atoms with van der Waals surface area (Å²) in [5, 5.41) is 24.2. The molecule has 1 aliphatic heterocycles. The molecule has 6 atom stereocenters. The van der Waals surface area contributed by atoms with Crippen LogP contribution in [0.1, 0.15) is 62.1 Å². The van der Waals surface area contributed by atoms with E-state index >= 15 is 0 Å². The quantitative estimate of drug-likeness (QED) is 0.0547. The van der Waals surface area contributed by atoms with Gasteiger partial charge in [-0.25, -0.2) is 0 Å². The number of aliphatic hydroxyl groups excluding tert-OH is 2. The van der Waals surface area contributed by atoms with Crippen LogP contribution in [0.2, 0.25) is 0 Å². The summed E-state index contributed by atoms with van der Waals surface area (Å²) < 4.78 is 20.9. The van der Waals surface area contributed by atoms with Gasteiger partial charge in [-0.3, -0.25) is 9.97 Å². The average molecular weight is 776 g/mol. The molecule has 2 aliphatic carbocycles. The Morgan fingerprint density at radius 3 is 2.45 bits per heavy atom. The summed E-state index contributed by atoms with van der Waals surface area (Å²) in [4.78, 5) is 14.4. The summed E-state index contributed by atoms with van der Waals surface area (Å²) in [6.07, 6.45) is 15.9. The molecule has 9 nitrogen and oxygen atoms in total. The number of oxime groups is 1. The molecule has 56 heavy (non-hydrogen) atoms. The van der Waals surface area contributed by atoms with E-state index in [1.54, 1.807) is 25.6 Å². The second-order valence-electron chi connectivity index (χ2n) is 14.7. The number of hydrogen-bond acceptors (Lipinski definition) is 10. The van der Waals surface area contributed by atoms with Gasteiger partial charge in [0.05, 0.1) is 29.2 Å². The van der Waals surface area contributed by atoms with Gasteiger partial charge in [0.2, 0.25) is 5.79 Å². The Morgan fingerprint density at radius 1 is 0.946 bits per heavy atom. The van der Waals surface area contributed by atoms with Crippen LogP contribution in [-0.4, -0.2) is 69.6 Å². The van der Waals surface area contributed by atoms with Gasteiger partial charge < -0.3 is 29.3 Å². The largest absolute Gasteiger partial charge is 0.460 e. The van der Waals surface area contributed by atoms with E-state index in [9.17, 15) is 10.2 Å². The molecular formula is C46H53N3O6S. The van der Waals surface area contributed by atoms with Crippen LogP contribution in [0, 0.1) is 17.8 Å². The Labute approximate surface area is 334 Å². The molecule has 7 rings (SSSR count). The SMILES string of the molecule is C=CCO[C@@]12Oc3ccc(Oc4ccc(-c5ccccc5)cc4)cc3[C@H]3[C@H](CCCCO)[C@@H](CCCCO)C=C(C(=NOC)C[C@@H]1SCCc1cnccn1)[C@H]32. The van der Waals surface area contributed by atoms with Gasteiger partial charge in [-0.2, -0.15) is 11.8 Å². The maximum absolute atomic E-state index is 9.90. The highest BCUT2D eigenvalue weighted by atomic mass is 32.2. The topological polar surface area (TPSA) is 116 Å². The highest BCUT2D eigenvalue weighted by Crippen LogP contribution is 2.62. The third-order valence-corrected chi connectivity index (χ3v) is 12.7. The number of fused-ring (bicyclic) bond motifs is 2. The predicted octanol–water partition coefficient (Wildman–Crippen LogP) is 9.18. The van der Waals surface area contributed by atoms with E-state index < -0.39 is 5.79 Å². The lowest BCUT2D eigenvalue weighted by Gasteiger charge is -2.58. The third kappa shape index (κ3) is 8.74. The van der Waals surface area contributed by atoms with Crippen molar-refractivity contribution in [1.82, 2.24) is 9.97 Å². The lowest BCUT2D eigenvalue weighted by molar-refractivity contribution is -0.223. The van der Waals surface area contributed by atoms with Gasteiger partial charge >= 0.3 is 0 Å². The minimum Gasteiger partial charge on any atom is -0.460 e. The normalized spacial score (nSPS) is 24.4. The fourth-order valence-electron chi connectivity index (χ4n) is 8.90. The van der Waals surface area contributed by atoms with Crippen LogP contribution >= 0.6 is 11.8 Å². The van der Waals surface area contributed by atoms with Crippen molar-refractivity contribution in [3.8, 4) is 28.4 Å². The van der Waals surface area contributed by atoms with Crippen LogP contribution in [-0.2, 0) is 16.0 Å². The Morgan fingerprint density at radius 2 is 1.71 bits per heavy atom. The number of hydrogen-bond donors (Lipinski definition) is 2. The number of nitrogens with zero attached hydrogens (tertiary/aromatic N) is 3. The summed E-state index contributed by atoms with van der Waals surface area (Å²) in [7, 11) is 1.61. The molecule has 0 radical (unpaired) electrons. The van der Waals surface area contributed by atoms with E-state index in [-0.39, 0.29) is 42.1 Å². The second-order valence-corrected chi connectivity index (χ2v) is 16.0. The third-order valence-electron chi connectivity index (χ3n) is 11.3. The molecule has 294 valence electrons. The number of ether oxygens (including phenoxy) is 3. The number of aryl methyl sites for hydroxylation is 1. The van der Waals surface area contributed by atoms with Gasteiger partial charge in [-0.05, 0) is 90.3 Å². The summed E-state index contributed by atoms with van der Waals surface area (Å²) in [5.41, 5.74) is 6.32. The zero-order valence-electron chi connectivity index (χ0n) is 32.2. The van der Waals surface area contributed by atoms with E-state index in [0.29, 0.717) is 13.0 Å². The second kappa shape index (κ2) is 19.1. The first-order chi connectivity index (χ1) is 27.6. The number of allylic oxidation sites excluding steroid dienone is 1. The molecule has 0 bridgehead atoms. The minimum atomic E-state index is -1.03. The highest BCUT2D eigenvalue weighted by molar-refractivity contribution is 8.00. The van der Waals surface area contributed by atoms with Gasteiger partial charge in [-0.1, -0.05) is 72.6 Å². The molecule has 3 aliphatic rings. The molecule has 3 aromatic carbocycles. The van der Waals surface area contributed by atoms with Crippen molar-refractivity contribution in [1.29, 1.82) is 0 Å². The Kier molecular flexibility index (Phi) is 13.6. The van der Waals surface area contributed by atoms with Gasteiger partial charge in [0.15, 0.2) is 0 Å². The molecule has 2 heterocycles. The first-order valence-electron chi connectivity index (χ1n) is 19.9. The molecule has 0 amide bonds. The zero-order valence-corrected chi connectivity index (χ0v) is 33.0. The number of thioether (sulfide) groups is 1. The van der Waals surface area contributed by atoms with Crippen LogP contribution < -0.4 is 9.47 Å². The number of benzene rings is 3. The number of unbranched alkanes of at least 4 members (excludes halogenated alkanes) is 2. The van der Waals surface area contributed by atoms with Gasteiger partial charge in [0, 0.05) is 56.1 Å². The Bertz CT molecular complexity index is 1940. The van der Waals surface area contributed by atoms with E-state index in [1.165, 1.54) is 0 Å². The summed E-state index contributed by atoms with van der Waals surface area (Å²) in [6.45, 7) is 4.67. The van der Waals surface area contributed by atoms with Gasteiger partial charge in [0.25, 0.3) is 0 Å². The van der Waals surface area contributed by atoms with Crippen LogP contribution in [0.3, 0.4) is 0 Å². The lowest BCUT2D eigenvalue weighted by Crippen LogP contribution is -2.64. The van der Waals surface area contributed by atoms with Crippen LogP contribution in [0.15, 0.2) is 121 Å². The van der Waals surface area contributed by atoms with E-state index in [0.717, 1.165) is 102 Å². The molecule has 4 aromatic rings. The van der Waals surface area contributed by atoms with Crippen molar-refractivity contribution in [2.45, 2.75) is 68.3 Å². The van der Waals surface area contributed by atoms with Crippen molar-refractivity contribution >= 4 is 17.5 Å². The molecule has 1 fully saturated rings. The summed E-state index contributed by atoms with van der Waals surface area (Å²) in [5.74, 6) is 2.22. The average Bonchev–Trinajstić information content (AvgIpc) is 3.23. The molecule has 10 heteroatoms. The molecule has 0 saturated heterocycles. The highest BCUT2D eigenvalue weighted by Gasteiger charge is 2.64. The maximum atomic E-state index is 9.90. The summed E-state index contributed by atoms with van der Waals surface area (Å²) in [6, 6.07) is 24.7. The number of rotatable bonds is 19. The first-order valence-corrected chi connectivity index (χ1v) is 20.9. The molecule has 2 N–H and O–H groups in total. The van der Waals surface area contributed by atoms with Crippen LogP contribution in [0.4, 0.5) is 0 Å². The molecule has 0 spiro atoms. The van der Waals surface area contributed by atoms with E-state index in [4.69, 9.17) is 24.2 Å². The van der Waals surface area contributed by atoms with E-state index in [1.807, 2.05) is 60.4 Å². The van der Waals surface area contributed by atoms with Crippen molar-refractivity contribution in [2.75, 3.05) is 32.7 Å². The smallest absolute Gasteiger partial charge is 0.230 e. The Hall–Kier alpha value is -4.48. The molecule has 1 aromatic heterocycles. The van der Waals surface area contributed by atoms with Crippen molar-refractivity contribution in [3.05, 3.63) is 127 Å². The first kappa shape index (κ1) is 39.7. The number of aliphatic hydroxyl groups is 2. The zero-order chi connectivity index (χ0) is 38.7. The van der Waals surface area contributed by atoms with Crippen molar-refractivity contribution < 1.29 is 29.3 Å². The Balaban J connectivity index is 1.31. The molecule has 1 saturated carbocycles. The van der Waals surface area contributed by atoms with E-state index in [2.05, 4.69) is 53.0 Å². The fourth-order valence-corrected chi connectivity index (χ4v) is 10.3. The van der Waals surface area contributed by atoms with Crippen molar-refractivity contribution in [2.24, 2.45) is 22.9 Å². The molecular weight excluding hydrogens is 723 g/mol. The van der Waals surface area contributed by atoms with Crippen molar-refractivity contribution in [3.63, 3.8) is 0 Å². The lowest BCUT2D eigenvalue weighted by atomic mass is 9.56. The van der Waals surface area contributed by atoms with Crippen LogP contribution in [0.5, 0.6) is 17.2 Å². The molecule has 0 unspecified atom stereocenters.